The zero-order valence-corrected chi connectivity index (χ0v) is 27.7. The van der Waals surface area contributed by atoms with E-state index in [9.17, 15) is 0 Å². The summed E-state index contributed by atoms with van der Waals surface area (Å²) in [6.07, 6.45) is 8.93. The predicted molar refractivity (Wildman–Crippen MR) is 187 cm³/mol. The molecule has 0 bridgehead atoms. The molecule has 0 aliphatic carbocycles. The van der Waals surface area contributed by atoms with Gasteiger partial charge in [0.25, 0.3) is 0 Å². The Morgan fingerprint density at radius 1 is 0.651 bits per heavy atom. The Morgan fingerprint density at radius 2 is 1.23 bits per heavy atom. The Bertz CT molecular complexity index is 1280. The summed E-state index contributed by atoms with van der Waals surface area (Å²) in [7, 11) is -0.363. The van der Waals surface area contributed by atoms with Crippen LogP contribution in [-0.2, 0) is 19.4 Å². The van der Waals surface area contributed by atoms with Crippen molar-refractivity contribution < 1.29 is 9.47 Å². The van der Waals surface area contributed by atoms with Gasteiger partial charge < -0.3 is 9.47 Å². The van der Waals surface area contributed by atoms with E-state index >= 15 is 0 Å². The highest BCUT2D eigenvalue weighted by Crippen LogP contribution is 2.36. The third-order valence-corrected chi connectivity index (χ3v) is 11.1. The molecule has 0 aliphatic heterocycles. The smallest absolute Gasteiger partial charge is 0.125 e. The van der Waals surface area contributed by atoms with Gasteiger partial charge in [-0.1, -0.05) is 132 Å². The minimum absolute atomic E-state index is 0.363. The van der Waals surface area contributed by atoms with Gasteiger partial charge in [0.15, 0.2) is 0 Å². The number of unbranched alkanes of at least 4 members (excludes halogenated alkanes) is 1. The van der Waals surface area contributed by atoms with Gasteiger partial charge in [-0.15, -0.1) is 0 Å². The number of ether oxygens (including phenoxy) is 2. The molecule has 0 N–H and O–H groups in total. The van der Waals surface area contributed by atoms with E-state index in [0.29, 0.717) is 18.4 Å². The topological polar surface area (TPSA) is 18.5 Å². The summed E-state index contributed by atoms with van der Waals surface area (Å²) in [5.74, 6) is 3.36. The minimum atomic E-state index is -0.363. The second-order valence-electron chi connectivity index (χ2n) is 12.0. The SMILES string of the molecule is CCC(C)CCc1cc(OCc2ccccc2)cc(CC(C)CC)c1OCCCCP(c1ccccc1)c1ccccc1. The van der Waals surface area contributed by atoms with Gasteiger partial charge in [0, 0.05) is 0 Å². The van der Waals surface area contributed by atoms with Crippen molar-refractivity contribution >= 4 is 18.5 Å². The Balaban J connectivity index is 1.48. The molecular weight excluding hydrogens is 543 g/mol. The molecule has 4 rings (SSSR count). The van der Waals surface area contributed by atoms with Crippen LogP contribution in [0, 0.1) is 11.8 Å². The molecule has 43 heavy (non-hydrogen) atoms. The molecule has 0 saturated heterocycles. The third kappa shape index (κ3) is 10.5. The Hall–Kier alpha value is -3.09. The fraction of sp³-hybridized carbons (Fsp3) is 0.400. The maximum atomic E-state index is 6.74. The number of benzene rings is 4. The quantitative estimate of drug-likeness (QED) is 0.0843. The molecule has 2 unspecified atom stereocenters. The van der Waals surface area contributed by atoms with Crippen molar-refractivity contribution in [2.45, 2.75) is 79.2 Å². The molecule has 0 aliphatic rings. The Morgan fingerprint density at radius 3 is 1.84 bits per heavy atom. The van der Waals surface area contributed by atoms with Gasteiger partial charge in [0.1, 0.15) is 18.1 Å². The van der Waals surface area contributed by atoms with Crippen LogP contribution in [0.4, 0.5) is 0 Å². The lowest BCUT2D eigenvalue weighted by Gasteiger charge is -2.22. The summed E-state index contributed by atoms with van der Waals surface area (Å²) in [6.45, 7) is 10.6. The molecular formula is C40H51O2P. The van der Waals surface area contributed by atoms with E-state index in [1.807, 2.05) is 0 Å². The fourth-order valence-electron chi connectivity index (χ4n) is 5.36. The highest BCUT2D eigenvalue weighted by atomic mass is 31.1. The molecule has 0 spiro atoms. The molecule has 0 amide bonds. The zero-order valence-electron chi connectivity index (χ0n) is 26.8. The molecule has 4 aromatic carbocycles. The molecule has 0 radical (unpaired) electrons. The van der Waals surface area contributed by atoms with E-state index in [1.54, 1.807) is 0 Å². The molecule has 0 fully saturated rings. The fourth-order valence-corrected chi connectivity index (χ4v) is 7.78. The summed E-state index contributed by atoms with van der Waals surface area (Å²) in [5, 5.41) is 2.91. The van der Waals surface area contributed by atoms with Gasteiger partial charge in [-0.05, 0) is 97.5 Å². The molecule has 0 aromatic heterocycles. The van der Waals surface area contributed by atoms with Gasteiger partial charge in [-0.2, -0.15) is 0 Å². The van der Waals surface area contributed by atoms with Crippen LogP contribution in [0.1, 0.15) is 76.5 Å². The van der Waals surface area contributed by atoms with E-state index < -0.39 is 0 Å². The predicted octanol–water partition coefficient (Wildman–Crippen LogP) is 10.1. The number of aryl methyl sites for hydroxylation is 1. The van der Waals surface area contributed by atoms with Crippen molar-refractivity contribution in [3.05, 3.63) is 120 Å². The molecule has 0 heterocycles. The highest BCUT2D eigenvalue weighted by molar-refractivity contribution is 7.73. The first kappa shape index (κ1) is 32.8. The van der Waals surface area contributed by atoms with E-state index in [1.165, 1.54) is 39.9 Å². The summed E-state index contributed by atoms with van der Waals surface area (Å²) in [4.78, 5) is 0. The van der Waals surface area contributed by atoms with Gasteiger partial charge in [0.05, 0.1) is 6.61 Å². The molecule has 4 aromatic rings. The third-order valence-electron chi connectivity index (χ3n) is 8.49. The summed E-state index contributed by atoms with van der Waals surface area (Å²) in [6, 6.07) is 37.0. The number of hydrogen-bond acceptors (Lipinski definition) is 2. The van der Waals surface area contributed by atoms with E-state index in [4.69, 9.17) is 9.47 Å². The van der Waals surface area contributed by atoms with E-state index in [-0.39, 0.29) is 7.92 Å². The van der Waals surface area contributed by atoms with Crippen LogP contribution in [0.2, 0.25) is 0 Å². The van der Waals surface area contributed by atoms with E-state index in [2.05, 4.69) is 131 Å². The molecule has 2 atom stereocenters. The monoisotopic (exact) mass is 594 g/mol. The number of hydrogen-bond donors (Lipinski definition) is 0. The largest absolute Gasteiger partial charge is 0.493 e. The van der Waals surface area contributed by atoms with Crippen LogP contribution in [0.25, 0.3) is 0 Å². The van der Waals surface area contributed by atoms with Gasteiger partial charge in [0.2, 0.25) is 0 Å². The van der Waals surface area contributed by atoms with Crippen molar-refractivity contribution in [3.63, 3.8) is 0 Å². The Kier molecular flexibility index (Phi) is 13.7. The van der Waals surface area contributed by atoms with Gasteiger partial charge in [-0.3, -0.25) is 0 Å². The first-order chi connectivity index (χ1) is 21.1. The van der Waals surface area contributed by atoms with E-state index in [0.717, 1.165) is 56.6 Å². The lowest BCUT2D eigenvalue weighted by molar-refractivity contribution is 0.292. The van der Waals surface area contributed by atoms with Crippen molar-refractivity contribution in [3.8, 4) is 11.5 Å². The standard InChI is InChI=1S/C40H51O2P/c1-5-32(3)24-25-35-29-37(42-31-34-18-10-7-11-19-34)30-36(28-33(4)6-2)40(35)41-26-16-17-27-43(38-20-12-8-13-21-38)39-22-14-9-15-23-39/h7-15,18-23,29-30,32-33H,5-6,16-17,24-28,31H2,1-4H3. The van der Waals surface area contributed by atoms with Crippen LogP contribution >= 0.6 is 7.92 Å². The van der Waals surface area contributed by atoms with Crippen LogP contribution < -0.4 is 20.1 Å². The summed E-state index contributed by atoms with van der Waals surface area (Å²) >= 11 is 0. The van der Waals surface area contributed by atoms with Crippen molar-refractivity contribution in [2.75, 3.05) is 12.8 Å². The summed E-state index contributed by atoms with van der Waals surface area (Å²) in [5.41, 5.74) is 3.80. The number of rotatable bonds is 18. The molecule has 2 nitrogen and oxygen atoms in total. The second kappa shape index (κ2) is 17.9. The normalized spacial score (nSPS) is 12.7. The first-order valence-corrected chi connectivity index (χ1v) is 17.9. The lowest BCUT2D eigenvalue weighted by atomic mass is 9.93. The zero-order chi connectivity index (χ0) is 30.3. The molecule has 228 valence electrons. The summed E-state index contributed by atoms with van der Waals surface area (Å²) < 4.78 is 13.1. The van der Waals surface area contributed by atoms with Crippen molar-refractivity contribution in [1.29, 1.82) is 0 Å². The van der Waals surface area contributed by atoms with Crippen LogP contribution in [0.3, 0.4) is 0 Å². The average Bonchev–Trinajstić information content (AvgIpc) is 3.06. The maximum Gasteiger partial charge on any atom is 0.125 e. The van der Waals surface area contributed by atoms with Crippen LogP contribution in [-0.4, -0.2) is 12.8 Å². The van der Waals surface area contributed by atoms with Crippen molar-refractivity contribution in [1.82, 2.24) is 0 Å². The van der Waals surface area contributed by atoms with Crippen LogP contribution in [0.5, 0.6) is 11.5 Å². The van der Waals surface area contributed by atoms with Gasteiger partial charge >= 0.3 is 0 Å². The first-order valence-electron chi connectivity index (χ1n) is 16.4. The average molecular weight is 595 g/mol. The molecule has 0 saturated carbocycles. The minimum Gasteiger partial charge on any atom is -0.493 e. The van der Waals surface area contributed by atoms with Crippen molar-refractivity contribution in [2.24, 2.45) is 11.8 Å². The Labute approximate surface area is 262 Å². The lowest BCUT2D eigenvalue weighted by Crippen LogP contribution is -2.14. The highest BCUT2D eigenvalue weighted by Gasteiger charge is 2.17. The van der Waals surface area contributed by atoms with Gasteiger partial charge in [-0.25, -0.2) is 0 Å². The molecule has 3 heteroatoms. The maximum absolute atomic E-state index is 6.74. The second-order valence-corrected chi connectivity index (χ2v) is 14.3. The van der Waals surface area contributed by atoms with Crippen LogP contribution in [0.15, 0.2) is 103 Å².